The Bertz CT molecular complexity index is 180. The molecule has 160 valence electrons. The molecule has 0 saturated carbocycles. The summed E-state index contributed by atoms with van der Waals surface area (Å²) >= 11 is 0. The van der Waals surface area contributed by atoms with Crippen LogP contribution in [0.3, 0.4) is 0 Å². The topological polar surface area (TPSA) is 182 Å². The first kappa shape index (κ1) is 36.0. The Kier molecular flexibility index (Phi) is 56.3. The van der Waals surface area contributed by atoms with Crippen LogP contribution in [0, 0.1) is 0 Å². The van der Waals surface area contributed by atoms with Crippen molar-refractivity contribution in [3.63, 3.8) is 0 Å². The summed E-state index contributed by atoms with van der Waals surface area (Å²) in [5, 5.41) is 0. The van der Waals surface area contributed by atoms with E-state index < -0.39 is 7.82 Å². The second kappa shape index (κ2) is 39.2. The van der Waals surface area contributed by atoms with Crippen LogP contribution in [0.5, 0.6) is 0 Å². The Morgan fingerprint density at radius 1 is 0.560 bits per heavy atom. The molecule has 0 saturated heterocycles. The average Bonchev–Trinajstić information content (AvgIpc) is 2.51. The molecule has 0 aromatic rings. The number of nitrogens with two attached hydrogens (primary N) is 4. The van der Waals surface area contributed by atoms with Crippen molar-refractivity contribution in [2.75, 3.05) is 26.2 Å². The maximum Gasteiger partial charge on any atom is 0.466 e. The third-order valence-corrected chi connectivity index (χ3v) is 2.23. The van der Waals surface area contributed by atoms with Crippen molar-refractivity contribution in [3.05, 3.63) is 0 Å². The second-order valence-corrected chi connectivity index (χ2v) is 6.11. The largest absolute Gasteiger partial charge is 0.466 e. The first-order valence-electron chi connectivity index (χ1n) is 9.24. The number of rotatable bonds is 8. The van der Waals surface area contributed by atoms with Gasteiger partial charge in [-0.25, -0.2) is 4.57 Å². The van der Waals surface area contributed by atoms with E-state index in [0.717, 1.165) is 26.2 Å². The third kappa shape index (κ3) is 183. The molecule has 25 heavy (non-hydrogen) atoms. The van der Waals surface area contributed by atoms with Crippen LogP contribution in [-0.2, 0) is 4.57 Å². The van der Waals surface area contributed by atoms with Crippen LogP contribution in [0.25, 0.3) is 0 Å². The standard InChI is InChI=1S/4C4H11N.H3O4P/c4*1-2-3-4-5;1-5(2,3)4/h4*2-5H2,1H3;(H3,1,2,3,4). The van der Waals surface area contributed by atoms with Crippen molar-refractivity contribution in [3.8, 4) is 0 Å². The molecular weight excluding hydrogens is 343 g/mol. The molecule has 0 heterocycles. The van der Waals surface area contributed by atoms with Gasteiger partial charge in [-0.1, -0.05) is 53.4 Å². The van der Waals surface area contributed by atoms with Gasteiger partial charge >= 0.3 is 7.82 Å². The number of hydrogen-bond acceptors (Lipinski definition) is 5. The van der Waals surface area contributed by atoms with E-state index in [0.29, 0.717) is 0 Å². The van der Waals surface area contributed by atoms with Gasteiger partial charge in [0.05, 0.1) is 0 Å². The zero-order valence-corrected chi connectivity index (χ0v) is 17.9. The molecule has 0 amide bonds. The van der Waals surface area contributed by atoms with E-state index in [-0.39, 0.29) is 0 Å². The summed E-state index contributed by atoms with van der Waals surface area (Å²) in [5.41, 5.74) is 20.6. The van der Waals surface area contributed by atoms with Gasteiger partial charge < -0.3 is 37.6 Å². The molecular formula is C16H47N4O4P. The monoisotopic (exact) mass is 390 g/mol. The molecule has 0 spiro atoms. The number of hydrogen-bond donors (Lipinski definition) is 7. The lowest BCUT2D eigenvalue weighted by Gasteiger charge is -1.82. The van der Waals surface area contributed by atoms with Crippen molar-refractivity contribution in [2.45, 2.75) is 79.1 Å². The highest BCUT2D eigenvalue weighted by atomic mass is 31.2. The van der Waals surface area contributed by atoms with Crippen molar-refractivity contribution >= 4 is 7.82 Å². The normalized spacial score (nSPS) is 9.08. The van der Waals surface area contributed by atoms with Crippen LogP contribution in [-0.4, -0.2) is 40.9 Å². The molecule has 0 fully saturated rings. The van der Waals surface area contributed by atoms with E-state index in [1.54, 1.807) is 0 Å². The zero-order valence-electron chi connectivity index (χ0n) is 17.0. The second-order valence-electron chi connectivity index (χ2n) is 5.08. The van der Waals surface area contributed by atoms with Gasteiger partial charge in [-0.3, -0.25) is 0 Å². The summed E-state index contributed by atoms with van der Waals surface area (Å²) in [7, 11) is -4.64. The van der Waals surface area contributed by atoms with Crippen LogP contribution < -0.4 is 22.9 Å². The van der Waals surface area contributed by atoms with Gasteiger partial charge in [-0.05, 0) is 51.9 Å². The first-order chi connectivity index (χ1) is 11.7. The van der Waals surface area contributed by atoms with Crippen LogP contribution in [0.4, 0.5) is 0 Å². The summed E-state index contributed by atoms with van der Waals surface area (Å²) in [4.78, 5) is 21.6. The summed E-state index contributed by atoms with van der Waals surface area (Å²) in [5.74, 6) is 0. The van der Waals surface area contributed by atoms with E-state index >= 15 is 0 Å². The van der Waals surface area contributed by atoms with Crippen molar-refractivity contribution in [1.82, 2.24) is 0 Å². The maximum atomic E-state index is 8.88. The van der Waals surface area contributed by atoms with E-state index in [1.807, 2.05) is 0 Å². The quantitative estimate of drug-likeness (QED) is 0.307. The minimum Gasteiger partial charge on any atom is -0.330 e. The highest BCUT2D eigenvalue weighted by Gasteiger charge is 2.00. The minimum atomic E-state index is -4.64. The third-order valence-electron chi connectivity index (χ3n) is 2.23. The van der Waals surface area contributed by atoms with Crippen molar-refractivity contribution in [2.24, 2.45) is 22.9 Å². The summed E-state index contributed by atoms with van der Waals surface area (Å²) < 4.78 is 8.88. The molecule has 11 N–H and O–H groups in total. The van der Waals surface area contributed by atoms with E-state index in [4.69, 9.17) is 42.2 Å². The molecule has 0 aliphatic heterocycles. The van der Waals surface area contributed by atoms with Crippen LogP contribution in [0.15, 0.2) is 0 Å². The Hall–Kier alpha value is -0.0500. The van der Waals surface area contributed by atoms with Gasteiger partial charge in [0.2, 0.25) is 0 Å². The van der Waals surface area contributed by atoms with Crippen molar-refractivity contribution < 1.29 is 19.2 Å². The lowest BCUT2D eigenvalue weighted by molar-refractivity contribution is 0.275. The molecule has 9 heteroatoms. The predicted molar refractivity (Wildman–Crippen MR) is 110 cm³/mol. The van der Waals surface area contributed by atoms with Crippen LogP contribution in [0.2, 0.25) is 0 Å². The number of phosphoric acid groups is 1. The van der Waals surface area contributed by atoms with Gasteiger partial charge in [0, 0.05) is 0 Å². The molecule has 0 atom stereocenters. The Morgan fingerprint density at radius 3 is 0.680 bits per heavy atom. The Labute approximate surface area is 156 Å². The van der Waals surface area contributed by atoms with Gasteiger partial charge in [0.15, 0.2) is 0 Å². The van der Waals surface area contributed by atoms with Gasteiger partial charge in [0.25, 0.3) is 0 Å². The molecule has 0 rings (SSSR count). The zero-order chi connectivity index (χ0) is 21.0. The lowest BCUT2D eigenvalue weighted by Crippen LogP contribution is -1.95. The van der Waals surface area contributed by atoms with E-state index in [1.165, 1.54) is 51.4 Å². The summed E-state index contributed by atoms with van der Waals surface area (Å²) in [6.45, 7) is 11.9. The molecule has 0 bridgehead atoms. The summed E-state index contributed by atoms with van der Waals surface area (Å²) in [6, 6.07) is 0. The van der Waals surface area contributed by atoms with Gasteiger partial charge in [-0.2, -0.15) is 0 Å². The molecule has 0 unspecified atom stereocenters. The van der Waals surface area contributed by atoms with Gasteiger partial charge in [-0.15, -0.1) is 0 Å². The van der Waals surface area contributed by atoms with Crippen LogP contribution in [0.1, 0.15) is 79.1 Å². The Balaban J connectivity index is -0.0000000667. The highest BCUT2D eigenvalue weighted by molar-refractivity contribution is 7.45. The molecule has 0 aliphatic carbocycles. The smallest absolute Gasteiger partial charge is 0.330 e. The average molecular weight is 391 g/mol. The SMILES string of the molecule is CCCCN.CCCCN.CCCCN.CCCCN.O=P(O)(O)O. The fourth-order valence-corrected chi connectivity index (χ4v) is 0.816. The fourth-order valence-electron chi connectivity index (χ4n) is 0.816. The van der Waals surface area contributed by atoms with Crippen molar-refractivity contribution in [1.29, 1.82) is 0 Å². The minimum absolute atomic E-state index is 0.844. The lowest BCUT2D eigenvalue weighted by atomic mass is 10.3. The highest BCUT2D eigenvalue weighted by Crippen LogP contribution is 2.25. The van der Waals surface area contributed by atoms with Gasteiger partial charge in [0.1, 0.15) is 0 Å². The molecule has 0 aliphatic rings. The predicted octanol–water partition coefficient (Wildman–Crippen LogP) is 2.05. The Morgan fingerprint density at radius 2 is 0.680 bits per heavy atom. The molecule has 8 nitrogen and oxygen atoms in total. The van der Waals surface area contributed by atoms with Crippen LogP contribution >= 0.6 is 7.82 Å². The number of unbranched alkanes of at least 4 members (excludes halogenated alkanes) is 4. The fraction of sp³-hybridized carbons (Fsp3) is 1.00. The molecule has 0 aromatic heterocycles. The maximum absolute atomic E-state index is 8.88. The molecule has 0 aromatic carbocycles. The molecule has 0 radical (unpaired) electrons. The first-order valence-corrected chi connectivity index (χ1v) is 10.8. The van der Waals surface area contributed by atoms with E-state index in [2.05, 4.69) is 27.7 Å². The summed E-state index contributed by atoms with van der Waals surface area (Å²) in [6.07, 6.45) is 9.54. The van der Waals surface area contributed by atoms with E-state index in [9.17, 15) is 0 Å².